The molecule has 1 aliphatic heterocycles. The van der Waals surface area contributed by atoms with E-state index in [1.807, 2.05) is 0 Å². The fourth-order valence-electron chi connectivity index (χ4n) is 3.77. The number of benzene rings is 1. The maximum atomic E-state index is 10.0. The lowest BCUT2D eigenvalue weighted by atomic mass is 9.89. The van der Waals surface area contributed by atoms with Crippen LogP contribution in [0.1, 0.15) is 37.3 Å². The summed E-state index contributed by atoms with van der Waals surface area (Å²) < 4.78 is 1.96. The van der Waals surface area contributed by atoms with Crippen molar-refractivity contribution < 1.29 is 5.11 Å². The van der Waals surface area contributed by atoms with Crippen molar-refractivity contribution in [2.24, 2.45) is 5.92 Å². The predicted octanol–water partition coefficient (Wildman–Crippen LogP) is 3.74. The molecule has 5 heteroatoms. The molecule has 0 aromatic heterocycles. The summed E-state index contributed by atoms with van der Waals surface area (Å²) in [5.41, 5.74) is 1.40. The quantitative estimate of drug-likeness (QED) is 0.607. The number of halogens is 2. The van der Waals surface area contributed by atoms with Crippen molar-refractivity contribution in [3.05, 3.63) is 24.8 Å². The van der Waals surface area contributed by atoms with Crippen LogP contribution >= 0.6 is 45.2 Å². The van der Waals surface area contributed by atoms with Gasteiger partial charge in [0.1, 0.15) is 5.75 Å². The molecule has 116 valence electrons. The average Bonchev–Trinajstić information content (AvgIpc) is 3.00. The van der Waals surface area contributed by atoms with Crippen molar-refractivity contribution in [3.63, 3.8) is 0 Å². The molecule has 1 atom stereocenters. The van der Waals surface area contributed by atoms with E-state index in [0.29, 0.717) is 11.8 Å². The molecular weight excluding hydrogens is 490 g/mol. The maximum absolute atomic E-state index is 10.0. The second kappa shape index (κ2) is 7.31. The Morgan fingerprint density at radius 3 is 2.24 bits per heavy atom. The number of piperazine rings is 1. The first-order chi connectivity index (χ1) is 10.2. The largest absolute Gasteiger partial charge is 0.506 e. The zero-order valence-electron chi connectivity index (χ0n) is 12.1. The van der Waals surface area contributed by atoms with Gasteiger partial charge in [0.15, 0.2) is 0 Å². The standard InChI is InChI=1S/C16H22I2N2O/c17-13-9-12(10-14(18)16(13)21)15(11-3-1-2-4-11)20-7-5-19-6-8-20/h9-11,15,19,21H,1-8H2/t15-/m1/s1. The summed E-state index contributed by atoms with van der Waals surface area (Å²) in [5.74, 6) is 1.21. The molecule has 1 saturated heterocycles. The van der Waals surface area contributed by atoms with Crippen LogP contribution in [0.2, 0.25) is 0 Å². The summed E-state index contributed by atoms with van der Waals surface area (Å²) in [6, 6.07) is 4.92. The lowest BCUT2D eigenvalue weighted by Gasteiger charge is -2.39. The molecule has 1 saturated carbocycles. The minimum Gasteiger partial charge on any atom is -0.506 e. The van der Waals surface area contributed by atoms with E-state index >= 15 is 0 Å². The van der Waals surface area contributed by atoms with Crippen molar-refractivity contribution in [1.29, 1.82) is 0 Å². The van der Waals surface area contributed by atoms with Gasteiger partial charge in [0.05, 0.1) is 7.14 Å². The van der Waals surface area contributed by atoms with Gasteiger partial charge in [0, 0.05) is 32.2 Å². The Labute approximate surface area is 154 Å². The van der Waals surface area contributed by atoms with Crippen LogP contribution in [0, 0.1) is 13.1 Å². The molecule has 3 nitrogen and oxygen atoms in total. The van der Waals surface area contributed by atoms with E-state index in [1.165, 1.54) is 31.2 Å². The Kier molecular flexibility index (Phi) is 5.66. The lowest BCUT2D eigenvalue weighted by molar-refractivity contribution is 0.125. The van der Waals surface area contributed by atoms with Gasteiger partial charge in [-0.25, -0.2) is 0 Å². The van der Waals surface area contributed by atoms with Crippen LogP contribution in [-0.2, 0) is 0 Å². The molecule has 0 amide bonds. The van der Waals surface area contributed by atoms with Gasteiger partial charge in [-0.2, -0.15) is 0 Å². The van der Waals surface area contributed by atoms with E-state index in [9.17, 15) is 5.11 Å². The Morgan fingerprint density at radius 2 is 1.67 bits per heavy atom. The smallest absolute Gasteiger partial charge is 0.142 e. The van der Waals surface area contributed by atoms with Crippen LogP contribution in [0.4, 0.5) is 0 Å². The molecule has 0 radical (unpaired) electrons. The molecule has 2 fully saturated rings. The van der Waals surface area contributed by atoms with E-state index in [0.717, 1.165) is 39.2 Å². The van der Waals surface area contributed by atoms with Gasteiger partial charge in [-0.05, 0) is 81.6 Å². The highest BCUT2D eigenvalue weighted by molar-refractivity contribution is 14.1. The van der Waals surface area contributed by atoms with Gasteiger partial charge < -0.3 is 10.4 Å². The van der Waals surface area contributed by atoms with Gasteiger partial charge in [0.2, 0.25) is 0 Å². The summed E-state index contributed by atoms with van der Waals surface area (Å²) in [7, 11) is 0. The van der Waals surface area contributed by atoms with Gasteiger partial charge in [0.25, 0.3) is 0 Å². The first-order valence-electron chi connectivity index (χ1n) is 7.79. The molecule has 1 heterocycles. The molecule has 2 N–H and O–H groups in total. The van der Waals surface area contributed by atoms with E-state index in [4.69, 9.17) is 0 Å². The molecule has 0 bridgehead atoms. The van der Waals surface area contributed by atoms with Gasteiger partial charge >= 0.3 is 0 Å². The molecular formula is C16H22I2N2O. The van der Waals surface area contributed by atoms with E-state index in [-0.39, 0.29) is 0 Å². The minimum absolute atomic E-state index is 0.436. The van der Waals surface area contributed by atoms with Crippen LogP contribution in [0.5, 0.6) is 5.75 Å². The molecule has 1 aliphatic carbocycles. The van der Waals surface area contributed by atoms with Crippen molar-refractivity contribution in [2.45, 2.75) is 31.7 Å². The third kappa shape index (κ3) is 3.67. The average molecular weight is 512 g/mol. The first-order valence-corrected chi connectivity index (χ1v) is 9.95. The summed E-state index contributed by atoms with van der Waals surface area (Å²) >= 11 is 4.51. The highest BCUT2D eigenvalue weighted by Crippen LogP contribution is 2.41. The summed E-state index contributed by atoms with van der Waals surface area (Å²) in [6.45, 7) is 4.45. The van der Waals surface area contributed by atoms with Crippen LogP contribution in [0.25, 0.3) is 0 Å². The normalized spacial score (nSPS) is 22.6. The SMILES string of the molecule is Oc1c(I)cc([C@@H](C2CCCC2)N2CCNCC2)cc1I. The van der Waals surface area contributed by atoms with Crippen molar-refractivity contribution >= 4 is 45.2 Å². The number of phenols is 1. The predicted molar refractivity (Wildman–Crippen MR) is 103 cm³/mol. The zero-order chi connectivity index (χ0) is 14.8. The fourth-order valence-corrected chi connectivity index (χ4v) is 5.59. The summed E-state index contributed by atoms with van der Waals surface area (Å²) in [5, 5.41) is 13.5. The second-order valence-corrected chi connectivity index (χ2v) is 8.43. The third-order valence-electron chi connectivity index (χ3n) is 4.77. The molecule has 0 unspecified atom stereocenters. The topological polar surface area (TPSA) is 35.5 Å². The third-order valence-corrected chi connectivity index (χ3v) is 6.42. The molecule has 1 aromatic rings. The zero-order valence-corrected chi connectivity index (χ0v) is 16.4. The lowest BCUT2D eigenvalue weighted by Crippen LogP contribution is -2.46. The fraction of sp³-hybridized carbons (Fsp3) is 0.625. The summed E-state index contributed by atoms with van der Waals surface area (Å²) in [6.07, 6.45) is 5.45. The van der Waals surface area contributed by atoms with Crippen LogP contribution in [0.3, 0.4) is 0 Å². The van der Waals surface area contributed by atoms with Crippen LogP contribution < -0.4 is 5.32 Å². The molecule has 1 aromatic carbocycles. The van der Waals surface area contributed by atoms with E-state index in [1.54, 1.807) is 0 Å². The molecule has 0 spiro atoms. The monoisotopic (exact) mass is 512 g/mol. The van der Waals surface area contributed by atoms with Gasteiger partial charge in [-0.3, -0.25) is 4.90 Å². The molecule has 2 aliphatic rings. The van der Waals surface area contributed by atoms with Crippen LogP contribution in [-0.4, -0.2) is 36.2 Å². The number of hydrogen-bond donors (Lipinski definition) is 2. The Balaban J connectivity index is 1.93. The van der Waals surface area contributed by atoms with Crippen molar-refractivity contribution in [1.82, 2.24) is 10.2 Å². The Morgan fingerprint density at radius 1 is 1.10 bits per heavy atom. The van der Waals surface area contributed by atoms with Crippen LogP contribution in [0.15, 0.2) is 12.1 Å². The number of nitrogens with zero attached hydrogens (tertiary/aromatic N) is 1. The van der Waals surface area contributed by atoms with E-state index in [2.05, 4.69) is 67.5 Å². The highest BCUT2D eigenvalue weighted by Gasteiger charge is 2.32. The number of rotatable bonds is 3. The maximum Gasteiger partial charge on any atom is 0.142 e. The van der Waals surface area contributed by atoms with Crippen molar-refractivity contribution in [2.75, 3.05) is 26.2 Å². The summed E-state index contributed by atoms with van der Waals surface area (Å²) in [4.78, 5) is 2.66. The number of aromatic hydroxyl groups is 1. The highest BCUT2D eigenvalue weighted by atomic mass is 127. The minimum atomic E-state index is 0.436. The number of nitrogens with one attached hydrogen (secondary N) is 1. The second-order valence-electron chi connectivity index (χ2n) is 6.11. The Bertz CT molecular complexity index is 474. The van der Waals surface area contributed by atoms with E-state index < -0.39 is 0 Å². The molecule has 3 rings (SSSR count). The first kappa shape index (κ1) is 16.3. The van der Waals surface area contributed by atoms with Crippen molar-refractivity contribution in [3.8, 4) is 5.75 Å². The van der Waals surface area contributed by atoms with Gasteiger partial charge in [-0.1, -0.05) is 12.8 Å². The molecule has 21 heavy (non-hydrogen) atoms. The van der Waals surface area contributed by atoms with Gasteiger partial charge in [-0.15, -0.1) is 0 Å². The number of phenolic OH excluding ortho intramolecular Hbond substituents is 1. The number of hydrogen-bond acceptors (Lipinski definition) is 3. The Hall–Kier alpha value is 0.400.